The number of likely N-dealkylation sites (tertiary alicyclic amines) is 1. The molecule has 0 saturated carbocycles. The summed E-state index contributed by atoms with van der Waals surface area (Å²) < 4.78 is 8.52. The van der Waals surface area contributed by atoms with E-state index in [0.29, 0.717) is 19.1 Å². The second-order valence-electron chi connectivity index (χ2n) is 6.97. The van der Waals surface area contributed by atoms with Gasteiger partial charge < -0.3 is 14.2 Å². The monoisotopic (exact) mass is 379 g/mol. The molecule has 23 heavy (non-hydrogen) atoms. The minimum absolute atomic E-state index is 0.214. The Hall–Kier alpha value is -1.56. The Bertz CT molecular complexity index is 712. The van der Waals surface area contributed by atoms with E-state index >= 15 is 0 Å². The first-order chi connectivity index (χ1) is 10.8. The maximum atomic E-state index is 12.1. The van der Waals surface area contributed by atoms with Crippen LogP contribution in [0.15, 0.2) is 29.0 Å². The van der Waals surface area contributed by atoms with E-state index in [2.05, 4.69) is 43.8 Å². The van der Waals surface area contributed by atoms with Crippen LogP contribution in [0.5, 0.6) is 0 Å². The van der Waals surface area contributed by atoms with Crippen LogP contribution in [0.1, 0.15) is 39.7 Å². The van der Waals surface area contributed by atoms with Gasteiger partial charge in [0.1, 0.15) is 15.9 Å². The fourth-order valence-electron chi connectivity index (χ4n) is 2.95. The number of amides is 1. The van der Waals surface area contributed by atoms with E-state index in [-0.39, 0.29) is 6.09 Å². The van der Waals surface area contributed by atoms with Crippen molar-refractivity contribution in [3.8, 4) is 0 Å². The summed E-state index contributed by atoms with van der Waals surface area (Å²) in [6, 6.07) is 6.49. The highest BCUT2D eigenvalue weighted by Crippen LogP contribution is 2.28. The van der Waals surface area contributed by atoms with Crippen molar-refractivity contribution in [1.82, 2.24) is 14.5 Å². The number of pyridine rings is 1. The van der Waals surface area contributed by atoms with Crippen LogP contribution >= 0.6 is 15.9 Å². The second kappa shape index (κ2) is 6.15. The van der Waals surface area contributed by atoms with Gasteiger partial charge in [-0.2, -0.15) is 0 Å². The number of halogens is 1. The molecule has 0 aromatic carbocycles. The minimum atomic E-state index is -0.444. The van der Waals surface area contributed by atoms with Crippen LogP contribution in [0.2, 0.25) is 0 Å². The number of carbonyl (C=O) groups excluding carboxylic acids is 1. The maximum absolute atomic E-state index is 12.1. The first-order valence-electron chi connectivity index (χ1n) is 7.94. The first kappa shape index (κ1) is 16.3. The van der Waals surface area contributed by atoms with Crippen molar-refractivity contribution in [2.24, 2.45) is 0 Å². The van der Waals surface area contributed by atoms with Crippen molar-refractivity contribution in [3.63, 3.8) is 0 Å². The SMILES string of the molecule is CC(C)(C)OC(=O)N1CCC(n2ccc3ccc(Br)nc32)CC1. The van der Waals surface area contributed by atoms with Gasteiger partial charge in [-0.05, 0) is 67.7 Å². The number of ether oxygens (including phenoxy) is 1. The number of fused-ring (bicyclic) bond motifs is 1. The summed E-state index contributed by atoms with van der Waals surface area (Å²) >= 11 is 3.44. The molecule has 5 nitrogen and oxygen atoms in total. The quantitative estimate of drug-likeness (QED) is 0.691. The average molecular weight is 380 g/mol. The highest BCUT2D eigenvalue weighted by Gasteiger charge is 2.28. The molecular formula is C17H22BrN3O2. The molecule has 0 spiro atoms. The van der Waals surface area contributed by atoms with Crippen LogP contribution in [0, 0.1) is 0 Å². The lowest BCUT2D eigenvalue weighted by atomic mass is 10.1. The average Bonchev–Trinajstić information content (AvgIpc) is 2.88. The zero-order valence-electron chi connectivity index (χ0n) is 13.8. The standard InChI is InChI=1S/C17H22BrN3O2/c1-17(2,3)23-16(22)20-9-7-13(8-10-20)21-11-6-12-4-5-14(18)19-15(12)21/h4-6,11,13H,7-10H2,1-3H3. The molecule has 3 heterocycles. The van der Waals surface area contributed by atoms with Crippen molar-refractivity contribution in [2.45, 2.75) is 45.3 Å². The molecule has 1 saturated heterocycles. The lowest BCUT2D eigenvalue weighted by Gasteiger charge is -2.34. The molecule has 1 aliphatic heterocycles. The highest BCUT2D eigenvalue weighted by atomic mass is 79.9. The number of nitrogens with zero attached hydrogens (tertiary/aromatic N) is 3. The zero-order chi connectivity index (χ0) is 16.6. The molecule has 0 radical (unpaired) electrons. The van der Waals surface area contributed by atoms with Crippen LogP contribution in [0.3, 0.4) is 0 Å². The molecule has 0 bridgehead atoms. The molecule has 1 fully saturated rings. The summed E-state index contributed by atoms with van der Waals surface area (Å²) in [5.74, 6) is 0. The van der Waals surface area contributed by atoms with Crippen LogP contribution in [-0.2, 0) is 4.74 Å². The summed E-state index contributed by atoms with van der Waals surface area (Å²) in [5, 5.41) is 1.14. The van der Waals surface area contributed by atoms with Gasteiger partial charge in [-0.3, -0.25) is 0 Å². The van der Waals surface area contributed by atoms with E-state index in [1.807, 2.05) is 26.8 Å². The van der Waals surface area contributed by atoms with Gasteiger partial charge in [-0.15, -0.1) is 0 Å². The van der Waals surface area contributed by atoms with Crippen molar-refractivity contribution >= 4 is 33.1 Å². The fraction of sp³-hybridized carbons (Fsp3) is 0.529. The van der Waals surface area contributed by atoms with Crippen LogP contribution in [-0.4, -0.2) is 39.2 Å². The fourth-order valence-corrected chi connectivity index (χ4v) is 3.25. The zero-order valence-corrected chi connectivity index (χ0v) is 15.3. The largest absolute Gasteiger partial charge is 0.444 e. The molecular weight excluding hydrogens is 358 g/mol. The molecule has 3 rings (SSSR count). The molecule has 0 atom stereocenters. The number of hydrogen-bond donors (Lipinski definition) is 0. The number of carbonyl (C=O) groups is 1. The smallest absolute Gasteiger partial charge is 0.410 e. The Balaban J connectivity index is 1.69. The van der Waals surface area contributed by atoms with Gasteiger partial charge in [0.2, 0.25) is 0 Å². The third-order valence-electron chi connectivity index (χ3n) is 4.04. The third kappa shape index (κ3) is 3.68. The van der Waals surface area contributed by atoms with Crippen molar-refractivity contribution in [3.05, 3.63) is 29.0 Å². The maximum Gasteiger partial charge on any atom is 0.410 e. The summed E-state index contributed by atoms with van der Waals surface area (Å²) in [4.78, 5) is 18.5. The molecule has 2 aromatic heterocycles. The summed E-state index contributed by atoms with van der Waals surface area (Å²) in [6.45, 7) is 7.12. The summed E-state index contributed by atoms with van der Waals surface area (Å²) in [6.07, 6.45) is 3.71. The molecule has 6 heteroatoms. The van der Waals surface area contributed by atoms with Crippen LogP contribution in [0.4, 0.5) is 4.79 Å². The molecule has 0 unspecified atom stereocenters. The Labute approximate surface area is 144 Å². The van der Waals surface area contributed by atoms with E-state index in [4.69, 9.17) is 4.74 Å². The van der Waals surface area contributed by atoms with Gasteiger partial charge in [-0.1, -0.05) is 0 Å². The van der Waals surface area contributed by atoms with Gasteiger partial charge in [-0.25, -0.2) is 9.78 Å². The molecule has 0 aliphatic carbocycles. The molecule has 1 aliphatic rings. The predicted octanol–water partition coefficient (Wildman–Crippen LogP) is 4.37. The van der Waals surface area contributed by atoms with Crippen molar-refractivity contribution in [2.75, 3.05) is 13.1 Å². The summed E-state index contributed by atoms with van der Waals surface area (Å²) in [5.41, 5.74) is 0.552. The Morgan fingerprint density at radius 1 is 1.26 bits per heavy atom. The normalized spacial score (nSPS) is 16.8. The van der Waals surface area contributed by atoms with Gasteiger partial charge in [0, 0.05) is 30.7 Å². The molecule has 124 valence electrons. The number of rotatable bonds is 1. The number of hydrogen-bond acceptors (Lipinski definition) is 3. The Morgan fingerprint density at radius 3 is 2.61 bits per heavy atom. The van der Waals surface area contributed by atoms with E-state index < -0.39 is 5.60 Å². The van der Waals surface area contributed by atoms with Gasteiger partial charge in [0.15, 0.2) is 0 Å². The lowest BCUT2D eigenvalue weighted by molar-refractivity contribution is 0.0189. The Morgan fingerprint density at radius 2 is 1.96 bits per heavy atom. The molecule has 2 aromatic rings. The third-order valence-corrected chi connectivity index (χ3v) is 4.48. The van der Waals surface area contributed by atoms with Crippen LogP contribution < -0.4 is 0 Å². The first-order valence-corrected chi connectivity index (χ1v) is 8.74. The van der Waals surface area contributed by atoms with Gasteiger partial charge in [0.25, 0.3) is 0 Å². The highest BCUT2D eigenvalue weighted by molar-refractivity contribution is 9.10. The molecule has 0 N–H and O–H groups in total. The second-order valence-corrected chi connectivity index (χ2v) is 7.78. The lowest BCUT2D eigenvalue weighted by Crippen LogP contribution is -2.42. The number of aromatic nitrogens is 2. The predicted molar refractivity (Wildman–Crippen MR) is 93.5 cm³/mol. The molecule has 1 amide bonds. The van der Waals surface area contributed by atoms with Gasteiger partial charge in [0.05, 0.1) is 0 Å². The van der Waals surface area contributed by atoms with Gasteiger partial charge >= 0.3 is 6.09 Å². The van der Waals surface area contributed by atoms with E-state index in [0.717, 1.165) is 28.5 Å². The van der Waals surface area contributed by atoms with E-state index in [9.17, 15) is 4.79 Å². The van der Waals surface area contributed by atoms with E-state index in [1.54, 1.807) is 4.90 Å². The van der Waals surface area contributed by atoms with Crippen molar-refractivity contribution < 1.29 is 9.53 Å². The topological polar surface area (TPSA) is 47.4 Å². The Kier molecular flexibility index (Phi) is 4.36. The summed E-state index contributed by atoms with van der Waals surface area (Å²) in [7, 11) is 0. The number of piperidine rings is 1. The van der Waals surface area contributed by atoms with E-state index in [1.165, 1.54) is 0 Å². The van der Waals surface area contributed by atoms with Crippen LogP contribution in [0.25, 0.3) is 11.0 Å². The van der Waals surface area contributed by atoms with Crippen molar-refractivity contribution in [1.29, 1.82) is 0 Å². The minimum Gasteiger partial charge on any atom is -0.444 e.